The second-order valence-electron chi connectivity index (χ2n) is 14.7. The first-order chi connectivity index (χ1) is 28.5. The van der Waals surface area contributed by atoms with Gasteiger partial charge in [0.15, 0.2) is 5.75 Å². The lowest BCUT2D eigenvalue weighted by atomic mass is 9.86. The Labute approximate surface area is 349 Å². The number of amides is 3. The van der Waals surface area contributed by atoms with Gasteiger partial charge in [-0.2, -0.15) is 0 Å². The smallest absolute Gasteiger partial charge is 0.323 e. The van der Waals surface area contributed by atoms with Gasteiger partial charge in [0.05, 0.1) is 49.6 Å². The molecule has 5 aromatic rings. The normalized spacial score (nSPS) is 13.9. The molecule has 5 rings (SSSR count). The Bertz CT molecular complexity index is 2340. The largest absolute Gasteiger partial charge is 0.496 e. The van der Waals surface area contributed by atoms with Gasteiger partial charge in [-0.1, -0.05) is 45.0 Å². The number of hydrogen-bond acceptors (Lipinski definition) is 13. The zero-order valence-electron chi connectivity index (χ0n) is 33.8. The highest BCUT2D eigenvalue weighted by molar-refractivity contribution is 7.85. The number of carbonyl (C=O) groups excluding carboxylic acids is 2. The number of aliphatic hydroxyl groups excluding tert-OH is 5. The van der Waals surface area contributed by atoms with Crippen LogP contribution in [0.5, 0.6) is 23.0 Å². The Morgan fingerprint density at radius 3 is 2.15 bits per heavy atom. The van der Waals surface area contributed by atoms with Gasteiger partial charge in [0.25, 0.3) is 5.91 Å². The summed E-state index contributed by atoms with van der Waals surface area (Å²) in [7, 11) is 1.46. The lowest BCUT2D eigenvalue weighted by Crippen LogP contribution is -2.49. The van der Waals surface area contributed by atoms with Gasteiger partial charge in [-0.3, -0.25) is 4.79 Å². The van der Waals surface area contributed by atoms with Gasteiger partial charge in [0, 0.05) is 47.6 Å². The number of nitrogens with one attached hydrogen (secondary N) is 5. The summed E-state index contributed by atoms with van der Waals surface area (Å²) < 4.78 is 32.4. The monoisotopic (exact) mass is 846 g/mol. The fraction of sp³-hybridized carbons (Fsp3) is 0.310. The highest BCUT2D eigenvalue weighted by Crippen LogP contribution is 2.40. The van der Waals surface area contributed by atoms with Crippen molar-refractivity contribution >= 4 is 62.3 Å². The standard InChI is InChI=1S/C42H50N6O11S/c1-42(2,3)23-17-30(39(58-5)31(18-23)48-60(6)56)47-41(55)46-29-13-14-34(27-10-8-7-9-26(27)29)59-25-15-16-43-36(20-25)45-24-11-12-28(35(19-24)57-4)40(54)44-21-32(50)37(52)38(53)33(51)22-49/h7-20,32-33,37-38,48-53H,21-22H2,1-6H3,(H,43,45)(H,44,54)(H2,46,47,55)/t32-,33+,37+,38+,60?/m0/s1. The minimum absolute atomic E-state index is 0.111. The van der Waals surface area contributed by atoms with Gasteiger partial charge >= 0.3 is 6.03 Å². The van der Waals surface area contributed by atoms with Crippen molar-refractivity contribution in [2.45, 2.75) is 50.6 Å². The van der Waals surface area contributed by atoms with E-state index in [-0.39, 0.29) is 16.7 Å². The molecule has 0 bridgehead atoms. The molecular formula is C42H50N6O11S. The van der Waals surface area contributed by atoms with Gasteiger partial charge in [0.1, 0.15) is 52.4 Å². The minimum atomic E-state index is -1.83. The summed E-state index contributed by atoms with van der Waals surface area (Å²) >= 11 is 0. The molecule has 5 atom stereocenters. The van der Waals surface area contributed by atoms with E-state index in [4.69, 9.17) is 19.3 Å². The number of urea groups is 1. The molecule has 17 nitrogen and oxygen atoms in total. The van der Waals surface area contributed by atoms with E-state index in [1.165, 1.54) is 26.5 Å². The molecule has 1 heterocycles. The number of pyridine rings is 1. The van der Waals surface area contributed by atoms with E-state index >= 15 is 0 Å². The molecule has 320 valence electrons. The fourth-order valence-electron chi connectivity index (χ4n) is 6.10. The Morgan fingerprint density at radius 2 is 1.48 bits per heavy atom. The first kappa shape index (κ1) is 45.1. The number of nitrogens with zero attached hydrogens (tertiary/aromatic N) is 1. The third-order valence-electron chi connectivity index (χ3n) is 9.27. The Kier molecular flexibility index (Phi) is 14.9. The van der Waals surface area contributed by atoms with Crippen LogP contribution < -0.4 is 40.2 Å². The molecule has 0 spiro atoms. The highest BCUT2D eigenvalue weighted by Gasteiger charge is 2.30. The van der Waals surface area contributed by atoms with Crippen LogP contribution in [0.3, 0.4) is 0 Å². The van der Waals surface area contributed by atoms with Gasteiger partial charge in [0.2, 0.25) is 0 Å². The molecule has 3 amide bonds. The molecule has 0 fully saturated rings. The van der Waals surface area contributed by atoms with Crippen LogP contribution in [0.4, 0.5) is 33.4 Å². The van der Waals surface area contributed by atoms with E-state index in [1.54, 1.807) is 42.6 Å². The number of benzene rings is 4. The third kappa shape index (κ3) is 11.2. The number of fused-ring (bicyclic) bond motifs is 1. The van der Waals surface area contributed by atoms with Gasteiger partial charge < -0.3 is 65.7 Å². The van der Waals surface area contributed by atoms with Crippen LogP contribution in [0.2, 0.25) is 0 Å². The van der Waals surface area contributed by atoms with Crippen molar-refractivity contribution in [1.82, 2.24) is 10.3 Å². The zero-order chi connectivity index (χ0) is 43.7. The molecule has 0 saturated heterocycles. The van der Waals surface area contributed by atoms with Gasteiger partial charge in [-0.25, -0.2) is 14.0 Å². The van der Waals surface area contributed by atoms with Crippen LogP contribution in [0, 0.1) is 0 Å². The minimum Gasteiger partial charge on any atom is -0.496 e. The highest BCUT2D eigenvalue weighted by atomic mass is 32.2. The van der Waals surface area contributed by atoms with E-state index in [9.17, 15) is 34.2 Å². The number of carbonyl (C=O) groups is 2. The molecule has 0 aliphatic rings. The SMILES string of the molecule is COc1cc(Nc2cc(Oc3ccc(NC(=O)Nc4cc(C(C)(C)C)cc(NS(C)=O)c4OC)c4ccccc34)ccn2)ccc1C(=O)NC[C@H](O)[C@@H](O)[C@H](O)[C@H](O)CO. The third-order valence-corrected chi connectivity index (χ3v) is 9.78. The van der Waals surface area contributed by atoms with Crippen molar-refractivity contribution < 1.29 is 53.5 Å². The number of hydrogen-bond donors (Lipinski definition) is 10. The van der Waals surface area contributed by atoms with Crippen molar-refractivity contribution in [1.29, 1.82) is 0 Å². The molecule has 18 heteroatoms. The fourth-order valence-corrected chi connectivity index (χ4v) is 6.56. The molecule has 10 N–H and O–H groups in total. The summed E-state index contributed by atoms with van der Waals surface area (Å²) in [6, 6.07) is 22.0. The Morgan fingerprint density at radius 1 is 0.800 bits per heavy atom. The second kappa shape index (κ2) is 19.8. The first-order valence-electron chi connectivity index (χ1n) is 18.7. The molecule has 1 aromatic heterocycles. The quantitative estimate of drug-likeness (QED) is 0.0615. The van der Waals surface area contributed by atoms with E-state index in [0.29, 0.717) is 56.6 Å². The number of rotatable bonds is 17. The lowest BCUT2D eigenvalue weighted by molar-refractivity contribution is -0.113. The number of methoxy groups -OCH3 is 2. The van der Waals surface area contributed by atoms with E-state index in [0.717, 1.165) is 5.56 Å². The Balaban J connectivity index is 1.29. The molecule has 1 unspecified atom stereocenters. The van der Waals surface area contributed by atoms with E-state index in [2.05, 4.69) is 31.0 Å². The number of anilines is 5. The molecule has 0 radical (unpaired) electrons. The maximum Gasteiger partial charge on any atom is 0.323 e. The number of aromatic nitrogens is 1. The van der Waals surface area contributed by atoms with E-state index in [1.807, 2.05) is 57.2 Å². The summed E-state index contributed by atoms with van der Waals surface area (Å²) in [4.78, 5) is 30.8. The van der Waals surface area contributed by atoms with Crippen molar-refractivity contribution in [3.63, 3.8) is 0 Å². The van der Waals surface area contributed by atoms with Crippen LogP contribution >= 0.6 is 0 Å². The molecule has 60 heavy (non-hydrogen) atoms. The predicted octanol–water partition coefficient (Wildman–Crippen LogP) is 4.60. The first-order valence-corrected chi connectivity index (χ1v) is 20.2. The Hall–Kier alpha value is -6.02. The molecular weight excluding hydrogens is 797 g/mol. The maximum atomic E-state index is 13.5. The summed E-state index contributed by atoms with van der Waals surface area (Å²) in [6.45, 7) is 4.80. The number of ether oxygens (including phenoxy) is 3. The van der Waals surface area contributed by atoms with Crippen LogP contribution in [0.25, 0.3) is 10.8 Å². The lowest BCUT2D eigenvalue weighted by Gasteiger charge is -2.25. The van der Waals surface area contributed by atoms with Crippen molar-refractivity contribution in [2.24, 2.45) is 0 Å². The van der Waals surface area contributed by atoms with Crippen LogP contribution in [0.1, 0.15) is 36.7 Å². The summed E-state index contributed by atoms with van der Waals surface area (Å²) in [5.41, 5.74) is 2.62. The summed E-state index contributed by atoms with van der Waals surface area (Å²) in [6.07, 6.45) is -3.91. The van der Waals surface area contributed by atoms with Gasteiger partial charge in [-0.15, -0.1) is 0 Å². The number of aliphatic hydroxyl groups is 5. The average Bonchev–Trinajstić information content (AvgIpc) is 3.22. The molecule has 0 saturated carbocycles. The molecule has 4 aromatic carbocycles. The maximum absolute atomic E-state index is 13.5. The van der Waals surface area contributed by atoms with E-state index < -0.39 is 60.5 Å². The van der Waals surface area contributed by atoms with Gasteiger partial charge in [-0.05, 0) is 53.4 Å². The van der Waals surface area contributed by atoms with Crippen molar-refractivity contribution in [3.05, 3.63) is 96.2 Å². The summed E-state index contributed by atoms with van der Waals surface area (Å²) in [5, 5.41) is 61.4. The molecule has 0 aliphatic carbocycles. The average molecular weight is 847 g/mol. The summed E-state index contributed by atoms with van der Waals surface area (Å²) in [5.74, 6) is 1.22. The zero-order valence-corrected chi connectivity index (χ0v) is 34.7. The molecule has 0 aliphatic heterocycles. The second-order valence-corrected chi connectivity index (χ2v) is 15.8. The van der Waals surface area contributed by atoms with Crippen LogP contribution in [-0.4, -0.2) is 105 Å². The van der Waals surface area contributed by atoms with Crippen LogP contribution in [-0.2, 0) is 16.4 Å². The van der Waals surface area contributed by atoms with Crippen LogP contribution in [0.15, 0.2) is 85.1 Å². The predicted molar refractivity (Wildman–Crippen MR) is 230 cm³/mol. The topological polar surface area (TPSA) is 253 Å². The van der Waals surface area contributed by atoms with Crippen molar-refractivity contribution in [3.8, 4) is 23.0 Å². The van der Waals surface area contributed by atoms with Crippen molar-refractivity contribution in [2.75, 3.05) is 54.3 Å².